The zero-order chi connectivity index (χ0) is 9.59. The van der Waals surface area contributed by atoms with Gasteiger partial charge in [0.1, 0.15) is 0 Å². The molecule has 1 aromatic carbocycles. The molecule has 0 fully saturated rings. The van der Waals surface area contributed by atoms with Crippen LogP contribution in [-0.4, -0.2) is 17.9 Å². The number of rotatable bonds is 0. The van der Waals surface area contributed by atoms with Gasteiger partial charge in [-0.25, -0.2) is 0 Å². The molecule has 3 heteroatoms. The lowest BCUT2D eigenvalue weighted by Gasteiger charge is -2.14. The van der Waals surface area contributed by atoms with Crippen molar-refractivity contribution in [1.82, 2.24) is 4.90 Å². The predicted molar refractivity (Wildman–Crippen MR) is 51.4 cm³/mol. The van der Waals surface area contributed by atoms with Gasteiger partial charge < -0.3 is 10.6 Å². The largest absolute Gasteiger partial charge is 0.398 e. The lowest BCUT2D eigenvalue weighted by atomic mass is 10.0. The monoisotopic (exact) mass is 176 g/mol. The molecule has 1 heterocycles. The second kappa shape index (κ2) is 2.49. The molecule has 3 nitrogen and oxygen atoms in total. The number of anilines is 1. The third-order valence-corrected chi connectivity index (χ3v) is 2.69. The van der Waals surface area contributed by atoms with E-state index in [-0.39, 0.29) is 11.9 Å². The molecule has 13 heavy (non-hydrogen) atoms. The lowest BCUT2D eigenvalue weighted by molar-refractivity contribution is 0.0785. The van der Waals surface area contributed by atoms with Gasteiger partial charge in [-0.3, -0.25) is 4.79 Å². The first-order valence-electron chi connectivity index (χ1n) is 4.28. The Morgan fingerprint density at radius 3 is 2.77 bits per heavy atom. The van der Waals surface area contributed by atoms with Gasteiger partial charge in [0.15, 0.2) is 0 Å². The van der Waals surface area contributed by atoms with Gasteiger partial charge in [-0.1, -0.05) is 12.1 Å². The molecule has 0 radical (unpaired) electrons. The topological polar surface area (TPSA) is 46.3 Å². The summed E-state index contributed by atoms with van der Waals surface area (Å²) in [5.74, 6) is 0.0283. The fraction of sp³-hybridized carbons (Fsp3) is 0.300. The van der Waals surface area contributed by atoms with Crippen LogP contribution in [0.4, 0.5) is 5.69 Å². The summed E-state index contributed by atoms with van der Waals surface area (Å²) >= 11 is 0. The number of nitrogens with zero attached hydrogens (tertiary/aromatic N) is 1. The number of amides is 1. The molecular weight excluding hydrogens is 164 g/mol. The van der Waals surface area contributed by atoms with Crippen LogP contribution in [0.3, 0.4) is 0 Å². The Hall–Kier alpha value is -1.51. The van der Waals surface area contributed by atoms with Crippen LogP contribution in [0.5, 0.6) is 0 Å². The summed E-state index contributed by atoms with van der Waals surface area (Å²) in [5.41, 5.74) is 8.03. The number of nitrogen functional groups attached to an aromatic ring is 1. The highest BCUT2D eigenvalue weighted by Crippen LogP contribution is 2.34. The predicted octanol–water partition coefficient (Wildman–Crippen LogP) is 1.42. The van der Waals surface area contributed by atoms with E-state index in [1.165, 1.54) is 0 Å². The van der Waals surface area contributed by atoms with Crippen LogP contribution in [0.2, 0.25) is 0 Å². The van der Waals surface area contributed by atoms with E-state index in [2.05, 4.69) is 0 Å². The second-order valence-corrected chi connectivity index (χ2v) is 3.40. The summed E-state index contributed by atoms with van der Waals surface area (Å²) in [4.78, 5) is 13.4. The summed E-state index contributed by atoms with van der Waals surface area (Å²) < 4.78 is 0. The smallest absolute Gasteiger partial charge is 0.256 e. The van der Waals surface area contributed by atoms with Crippen LogP contribution in [-0.2, 0) is 0 Å². The van der Waals surface area contributed by atoms with Crippen molar-refractivity contribution >= 4 is 11.6 Å². The summed E-state index contributed by atoms with van der Waals surface area (Å²) in [7, 11) is 1.80. The highest BCUT2D eigenvalue weighted by molar-refractivity contribution is 6.03. The van der Waals surface area contributed by atoms with Crippen LogP contribution in [0.1, 0.15) is 28.9 Å². The minimum Gasteiger partial charge on any atom is -0.398 e. The summed E-state index contributed by atoms with van der Waals surface area (Å²) in [6.07, 6.45) is 0. The van der Waals surface area contributed by atoms with Crippen molar-refractivity contribution in [2.45, 2.75) is 13.0 Å². The Morgan fingerprint density at radius 1 is 1.46 bits per heavy atom. The third-order valence-electron chi connectivity index (χ3n) is 2.69. The molecule has 0 saturated carbocycles. The maximum Gasteiger partial charge on any atom is 0.256 e. The van der Waals surface area contributed by atoms with E-state index < -0.39 is 0 Å². The van der Waals surface area contributed by atoms with Gasteiger partial charge in [0.25, 0.3) is 5.91 Å². The van der Waals surface area contributed by atoms with Crippen LogP contribution >= 0.6 is 0 Å². The van der Waals surface area contributed by atoms with Gasteiger partial charge in [0.05, 0.1) is 11.6 Å². The zero-order valence-corrected chi connectivity index (χ0v) is 7.74. The first-order valence-corrected chi connectivity index (χ1v) is 4.28. The highest BCUT2D eigenvalue weighted by Gasteiger charge is 2.32. The minimum absolute atomic E-state index is 0.0283. The van der Waals surface area contributed by atoms with Gasteiger partial charge in [-0.15, -0.1) is 0 Å². The Labute approximate surface area is 77.1 Å². The molecule has 0 saturated heterocycles. The molecule has 1 atom stereocenters. The molecule has 0 aromatic heterocycles. The lowest BCUT2D eigenvalue weighted by Crippen LogP contribution is -2.21. The molecule has 1 aromatic rings. The zero-order valence-electron chi connectivity index (χ0n) is 7.74. The first-order chi connectivity index (χ1) is 6.13. The van der Waals surface area contributed by atoms with Crippen molar-refractivity contribution in [3.8, 4) is 0 Å². The summed E-state index contributed by atoms with van der Waals surface area (Å²) in [6, 6.07) is 5.75. The van der Waals surface area contributed by atoms with E-state index in [9.17, 15) is 4.79 Å². The van der Waals surface area contributed by atoms with E-state index in [0.29, 0.717) is 11.3 Å². The van der Waals surface area contributed by atoms with Crippen molar-refractivity contribution in [1.29, 1.82) is 0 Å². The molecule has 1 unspecified atom stereocenters. The highest BCUT2D eigenvalue weighted by atomic mass is 16.2. The number of nitrogens with two attached hydrogens (primary N) is 1. The summed E-state index contributed by atoms with van der Waals surface area (Å²) in [6.45, 7) is 2.00. The average molecular weight is 176 g/mol. The van der Waals surface area contributed by atoms with Crippen molar-refractivity contribution in [2.75, 3.05) is 12.8 Å². The molecule has 0 spiro atoms. The maximum atomic E-state index is 11.7. The minimum atomic E-state index is 0.0283. The van der Waals surface area contributed by atoms with E-state index in [0.717, 1.165) is 5.56 Å². The van der Waals surface area contributed by atoms with E-state index in [1.54, 1.807) is 18.0 Å². The van der Waals surface area contributed by atoms with Crippen molar-refractivity contribution < 1.29 is 4.79 Å². The number of fused-ring (bicyclic) bond motifs is 1. The number of carbonyl (C=O) groups excluding carboxylic acids is 1. The molecule has 1 aliphatic heterocycles. The molecular formula is C10H12N2O. The number of benzene rings is 1. The van der Waals surface area contributed by atoms with Crippen LogP contribution < -0.4 is 5.73 Å². The molecule has 1 amide bonds. The standard InChI is InChI=1S/C10H12N2O/c1-6-7-4-3-5-8(11)9(7)10(13)12(6)2/h3-6H,11H2,1-2H3. The molecule has 1 aliphatic rings. The third kappa shape index (κ3) is 0.932. The van der Waals surface area contributed by atoms with Gasteiger partial charge in [0.2, 0.25) is 0 Å². The SMILES string of the molecule is CC1c2cccc(N)c2C(=O)N1C. The van der Waals surface area contributed by atoms with Crippen LogP contribution in [0.15, 0.2) is 18.2 Å². The van der Waals surface area contributed by atoms with Crippen molar-refractivity contribution in [3.05, 3.63) is 29.3 Å². The first kappa shape index (κ1) is 8.10. The number of hydrogen-bond donors (Lipinski definition) is 1. The van der Waals surface area contributed by atoms with Crippen molar-refractivity contribution in [2.24, 2.45) is 0 Å². The quantitative estimate of drug-likeness (QED) is 0.607. The Kier molecular flexibility index (Phi) is 1.55. The number of hydrogen-bond acceptors (Lipinski definition) is 2. The Morgan fingerprint density at radius 2 is 2.15 bits per heavy atom. The number of carbonyl (C=O) groups is 1. The van der Waals surface area contributed by atoms with Gasteiger partial charge in [-0.05, 0) is 18.6 Å². The molecule has 0 aliphatic carbocycles. The maximum absolute atomic E-state index is 11.7. The van der Waals surface area contributed by atoms with Crippen molar-refractivity contribution in [3.63, 3.8) is 0 Å². The molecule has 68 valence electrons. The molecule has 2 N–H and O–H groups in total. The summed E-state index contributed by atoms with van der Waals surface area (Å²) in [5, 5.41) is 0. The van der Waals surface area contributed by atoms with Crippen LogP contribution in [0.25, 0.3) is 0 Å². The fourth-order valence-electron chi connectivity index (χ4n) is 1.74. The van der Waals surface area contributed by atoms with E-state index in [1.807, 2.05) is 19.1 Å². The van der Waals surface area contributed by atoms with Gasteiger partial charge in [0, 0.05) is 12.7 Å². The van der Waals surface area contributed by atoms with E-state index >= 15 is 0 Å². The normalized spacial score (nSPS) is 20.6. The Balaban J connectivity index is 2.66. The molecule has 0 bridgehead atoms. The van der Waals surface area contributed by atoms with Crippen LogP contribution in [0, 0.1) is 0 Å². The molecule has 2 rings (SSSR count). The average Bonchev–Trinajstić information content (AvgIpc) is 2.33. The van der Waals surface area contributed by atoms with Gasteiger partial charge >= 0.3 is 0 Å². The Bertz CT molecular complexity index is 373. The van der Waals surface area contributed by atoms with E-state index in [4.69, 9.17) is 5.73 Å². The van der Waals surface area contributed by atoms with Gasteiger partial charge in [-0.2, -0.15) is 0 Å². The fourth-order valence-corrected chi connectivity index (χ4v) is 1.74. The second-order valence-electron chi connectivity index (χ2n) is 3.40.